The molecule has 0 rings (SSSR count). The van der Waals surface area contributed by atoms with Crippen LogP contribution in [0.1, 0.15) is 220 Å². The van der Waals surface area contributed by atoms with Crippen LogP contribution in [0.15, 0.2) is 0 Å². The Balaban J connectivity index is -0.000000261. The predicted molar refractivity (Wildman–Crippen MR) is 219 cm³/mol. The number of ether oxygens (including phenoxy) is 1. The molecule has 276 valence electrons. The fraction of sp³-hybridized carbons (Fsp3) is 0.975. The van der Waals surface area contributed by atoms with Gasteiger partial charge >= 0.3 is 56.0 Å². The van der Waals surface area contributed by atoms with E-state index in [1.165, 1.54) is 222 Å². The SMILES string of the molecule is CCCCCCCCCCCC[S-].CCCCCCCCCCCC[S-].CCCCCCCCCCCC[S-].COC(=O)C[CH2][Sn+3]. The third-order valence-electron chi connectivity index (χ3n) is 8.05. The van der Waals surface area contributed by atoms with Crippen molar-refractivity contribution >= 4 is 66.4 Å². The van der Waals surface area contributed by atoms with E-state index < -0.39 is 0 Å². The van der Waals surface area contributed by atoms with E-state index in [0.717, 1.165) is 21.7 Å². The van der Waals surface area contributed by atoms with Crippen molar-refractivity contribution in [3.63, 3.8) is 0 Å². The van der Waals surface area contributed by atoms with Gasteiger partial charge in [0.15, 0.2) is 0 Å². The summed E-state index contributed by atoms with van der Waals surface area (Å²) in [5.41, 5.74) is 0. The molecule has 6 heteroatoms. The molecule has 0 aromatic carbocycles. The molecule has 0 spiro atoms. The summed E-state index contributed by atoms with van der Waals surface area (Å²) in [6.07, 6.45) is 42.7. The number of methoxy groups -OCH3 is 1. The molecule has 0 amide bonds. The van der Waals surface area contributed by atoms with E-state index >= 15 is 0 Å². The number of hydrogen-bond donors (Lipinski definition) is 0. The molecule has 0 aromatic rings. The van der Waals surface area contributed by atoms with Gasteiger partial charge in [0, 0.05) is 0 Å². The topological polar surface area (TPSA) is 26.3 Å². The Morgan fingerprint density at radius 2 is 0.609 bits per heavy atom. The van der Waals surface area contributed by atoms with Crippen molar-refractivity contribution < 1.29 is 9.53 Å². The second-order valence-corrected chi connectivity index (χ2v) is 15.4. The molecule has 0 aliphatic rings. The van der Waals surface area contributed by atoms with E-state index in [1.807, 2.05) is 0 Å². The molecule has 0 unspecified atom stereocenters. The van der Waals surface area contributed by atoms with Crippen molar-refractivity contribution in [1.29, 1.82) is 0 Å². The van der Waals surface area contributed by atoms with Gasteiger partial charge in [-0.15, -0.1) is 0 Å². The quantitative estimate of drug-likeness (QED) is 0.0292. The van der Waals surface area contributed by atoms with Crippen molar-refractivity contribution in [2.75, 3.05) is 24.4 Å². The minimum absolute atomic E-state index is 0.100. The summed E-state index contributed by atoms with van der Waals surface area (Å²) in [7, 11) is 1.41. The zero-order valence-corrected chi connectivity index (χ0v) is 37.1. The molecular weight excluding hydrogens is 727 g/mol. The van der Waals surface area contributed by atoms with Crippen LogP contribution < -0.4 is 0 Å². The van der Waals surface area contributed by atoms with Crippen LogP contribution in [0, 0.1) is 0 Å². The molecule has 0 bridgehead atoms. The van der Waals surface area contributed by atoms with Crippen molar-refractivity contribution in [2.24, 2.45) is 0 Å². The standard InChI is InChI=1S/3C12H26S.C4H7O2.Sn/c3*1-2-3-4-5-6-7-8-9-10-11-12-13;1-3-4(5)6-2;/h3*13H,2-12H2,1H3;1,3H2,2H3;/q;;;;+3/p-3. The van der Waals surface area contributed by atoms with Gasteiger partial charge in [0.25, 0.3) is 0 Å². The molecule has 0 heterocycles. The van der Waals surface area contributed by atoms with Crippen LogP contribution >= 0.6 is 0 Å². The molecule has 0 radical (unpaired) electrons. The van der Waals surface area contributed by atoms with Gasteiger partial charge in [0.1, 0.15) is 0 Å². The molecule has 0 saturated heterocycles. The third kappa shape index (κ3) is 67.5. The van der Waals surface area contributed by atoms with Gasteiger partial charge in [-0.3, -0.25) is 0 Å². The zero-order chi connectivity index (χ0) is 35.0. The van der Waals surface area contributed by atoms with Crippen LogP contribution in [-0.4, -0.2) is 52.9 Å². The summed E-state index contributed by atoms with van der Waals surface area (Å²) in [6.45, 7) is 6.82. The summed E-state index contributed by atoms with van der Waals surface area (Å²) in [5, 5.41) is 0. The fourth-order valence-electron chi connectivity index (χ4n) is 4.97. The second kappa shape index (κ2) is 58.5. The third-order valence-corrected chi connectivity index (χ3v) is 9.63. The van der Waals surface area contributed by atoms with Crippen molar-refractivity contribution in [1.82, 2.24) is 0 Å². The van der Waals surface area contributed by atoms with Gasteiger partial charge in [-0.2, -0.15) is 17.3 Å². The van der Waals surface area contributed by atoms with E-state index in [1.54, 1.807) is 0 Å². The monoisotopic (exact) mass is 810 g/mol. The molecule has 2 nitrogen and oxygen atoms in total. The number of hydrogen-bond acceptors (Lipinski definition) is 5. The first kappa shape index (κ1) is 54.1. The zero-order valence-electron chi connectivity index (χ0n) is 31.8. The van der Waals surface area contributed by atoms with Crippen LogP contribution in [0.25, 0.3) is 0 Å². The molecular formula is C40H82O2S3Sn. The van der Waals surface area contributed by atoms with Crippen molar-refractivity contribution in [3.8, 4) is 0 Å². The Kier molecular flexibility index (Phi) is 68.8. The van der Waals surface area contributed by atoms with Crippen LogP contribution in [-0.2, 0) is 47.4 Å². The van der Waals surface area contributed by atoms with E-state index in [2.05, 4.69) is 25.5 Å². The first-order valence-electron chi connectivity index (χ1n) is 20.0. The first-order chi connectivity index (χ1) is 22.6. The average Bonchev–Trinajstić information content (AvgIpc) is 3.07. The average molecular weight is 810 g/mol. The number of unbranched alkanes of at least 4 members (excludes halogenated alkanes) is 27. The molecule has 0 aliphatic heterocycles. The van der Waals surface area contributed by atoms with Crippen LogP contribution in [0.4, 0.5) is 0 Å². The van der Waals surface area contributed by atoms with Gasteiger partial charge in [-0.05, 0) is 0 Å². The summed E-state index contributed by atoms with van der Waals surface area (Å²) < 4.78 is 5.32. The predicted octanol–water partition coefficient (Wildman–Crippen LogP) is 13.5. The van der Waals surface area contributed by atoms with Crippen LogP contribution in [0.2, 0.25) is 4.44 Å². The maximum atomic E-state index is 10.2. The van der Waals surface area contributed by atoms with Gasteiger partial charge in [0.05, 0.1) is 0 Å². The van der Waals surface area contributed by atoms with Gasteiger partial charge < -0.3 is 37.9 Å². The maximum absolute atomic E-state index is 10.2. The van der Waals surface area contributed by atoms with Crippen molar-refractivity contribution in [3.05, 3.63) is 0 Å². The number of carbonyl (C=O) groups is 1. The van der Waals surface area contributed by atoms with E-state index in [4.69, 9.17) is 37.9 Å². The normalized spacial score (nSPS) is 10.3. The van der Waals surface area contributed by atoms with Crippen molar-refractivity contribution in [2.45, 2.75) is 224 Å². The molecule has 0 aromatic heterocycles. The molecule has 0 atom stereocenters. The van der Waals surface area contributed by atoms with E-state index in [-0.39, 0.29) is 5.97 Å². The molecule has 46 heavy (non-hydrogen) atoms. The van der Waals surface area contributed by atoms with Crippen LogP contribution in [0.5, 0.6) is 0 Å². The Bertz CT molecular complexity index is 401. The van der Waals surface area contributed by atoms with E-state index in [9.17, 15) is 4.79 Å². The summed E-state index contributed by atoms with van der Waals surface area (Å²) in [5.74, 6) is 2.76. The molecule has 0 saturated carbocycles. The Labute approximate surface area is 322 Å². The number of esters is 1. The molecule has 0 fully saturated rings. The number of carbonyl (C=O) groups excluding carboxylic acids is 1. The Morgan fingerprint density at radius 1 is 0.413 bits per heavy atom. The van der Waals surface area contributed by atoms with Gasteiger partial charge in [-0.1, -0.05) is 213 Å². The van der Waals surface area contributed by atoms with E-state index in [0.29, 0.717) is 6.42 Å². The molecule has 0 N–H and O–H groups in total. The Hall–Kier alpha value is 1.32. The molecule has 0 aliphatic carbocycles. The number of rotatable bonds is 32. The Morgan fingerprint density at radius 3 is 0.739 bits per heavy atom. The minimum atomic E-state index is -0.100. The summed E-state index contributed by atoms with van der Waals surface area (Å²) in [6, 6.07) is 0. The summed E-state index contributed by atoms with van der Waals surface area (Å²) in [4.78, 5) is 10.2. The summed E-state index contributed by atoms with van der Waals surface area (Å²) >= 11 is 16.1. The second-order valence-electron chi connectivity index (χ2n) is 12.7. The van der Waals surface area contributed by atoms with Gasteiger partial charge in [0.2, 0.25) is 0 Å². The van der Waals surface area contributed by atoms with Gasteiger partial charge in [-0.25, -0.2) is 0 Å². The first-order valence-corrected chi connectivity index (χ1v) is 23.8. The van der Waals surface area contributed by atoms with Crippen LogP contribution in [0.3, 0.4) is 0 Å². The fourth-order valence-corrected chi connectivity index (χ4v) is 6.17.